The number of hydrogen-bond donors (Lipinski definition) is 2. The molecule has 8 nitrogen and oxygen atoms in total. The molecule has 0 saturated heterocycles. The summed E-state index contributed by atoms with van der Waals surface area (Å²) in [4.78, 5) is 42.0. The van der Waals surface area contributed by atoms with E-state index in [4.69, 9.17) is 16.0 Å². The van der Waals surface area contributed by atoms with Crippen molar-refractivity contribution in [1.82, 2.24) is 20.4 Å². The lowest BCUT2D eigenvalue weighted by atomic mass is 9.95. The minimum atomic E-state index is -0.754. The van der Waals surface area contributed by atoms with E-state index in [1.54, 1.807) is 49.4 Å². The second-order valence-corrected chi connectivity index (χ2v) is 7.98. The SMILES string of the molecule is C=CCN1C(=O)N[C@H](c2ccccc2Cl)C2=C1CN([C@H](C)C(=O)NCc1ccco1)C2=O. The van der Waals surface area contributed by atoms with E-state index in [9.17, 15) is 14.4 Å². The van der Waals surface area contributed by atoms with Gasteiger partial charge < -0.3 is 20.0 Å². The summed E-state index contributed by atoms with van der Waals surface area (Å²) in [5.74, 6) is -0.0282. The predicted octanol–water partition coefficient (Wildman–Crippen LogP) is 2.99. The van der Waals surface area contributed by atoms with Crippen molar-refractivity contribution < 1.29 is 18.8 Å². The topological polar surface area (TPSA) is 94.9 Å². The average molecular weight is 455 g/mol. The first-order chi connectivity index (χ1) is 15.4. The zero-order valence-electron chi connectivity index (χ0n) is 17.5. The fourth-order valence-corrected chi connectivity index (χ4v) is 4.21. The van der Waals surface area contributed by atoms with Crippen molar-refractivity contribution in [3.8, 4) is 0 Å². The predicted molar refractivity (Wildman–Crippen MR) is 118 cm³/mol. The van der Waals surface area contributed by atoms with Gasteiger partial charge in [0, 0.05) is 11.6 Å². The van der Waals surface area contributed by atoms with Crippen molar-refractivity contribution >= 4 is 29.4 Å². The molecule has 4 amide bonds. The standard InChI is InChI=1S/C23H23ClN4O4/c1-3-10-27-18-13-28(14(2)21(29)25-12-15-7-6-11-32-15)22(30)19(18)20(26-23(27)31)16-8-4-5-9-17(16)24/h3-9,11,14,20H,1,10,12-13H2,2H3,(H,25,29)(H,26,31)/t14-,20-/m1/s1. The Morgan fingerprint density at radius 3 is 2.81 bits per heavy atom. The number of carbonyl (C=O) groups is 3. The first-order valence-electron chi connectivity index (χ1n) is 10.2. The fourth-order valence-electron chi connectivity index (χ4n) is 3.97. The Kier molecular flexibility index (Phi) is 6.05. The largest absolute Gasteiger partial charge is 0.467 e. The van der Waals surface area contributed by atoms with Gasteiger partial charge in [-0.1, -0.05) is 35.9 Å². The van der Waals surface area contributed by atoms with Gasteiger partial charge in [0.2, 0.25) is 5.91 Å². The third-order valence-electron chi connectivity index (χ3n) is 5.64. The number of furan rings is 1. The summed E-state index contributed by atoms with van der Waals surface area (Å²) in [6, 6.07) is 8.75. The van der Waals surface area contributed by atoms with E-state index in [0.29, 0.717) is 27.6 Å². The Balaban J connectivity index is 1.61. The Labute approximate surface area is 190 Å². The highest BCUT2D eigenvalue weighted by atomic mass is 35.5. The molecule has 2 N–H and O–H groups in total. The van der Waals surface area contributed by atoms with Crippen LogP contribution >= 0.6 is 11.6 Å². The summed E-state index contributed by atoms with van der Waals surface area (Å²) in [6.45, 7) is 5.95. The first-order valence-corrected chi connectivity index (χ1v) is 10.6. The van der Waals surface area contributed by atoms with Crippen LogP contribution in [0.15, 0.2) is 71.0 Å². The maximum absolute atomic E-state index is 13.5. The normalized spacial score (nSPS) is 19.0. The highest BCUT2D eigenvalue weighted by Gasteiger charge is 2.46. The van der Waals surface area contributed by atoms with Crippen molar-refractivity contribution in [1.29, 1.82) is 0 Å². The van der Waals surface area contributed by atoms with Gasteiger partial charge in [0.15, 0.2) is 0 Å². The van der Waals surface area contributed by atoms with Crippen molar-refractivity contribution in [2.45, 2.75) is 25.6 Å². The molecule has 1 aromatic carbocycles. The lowest BCUT2D eigenvalue weighted by Crippen LogP contribution is -2.47. The molecule has 0 spiro atoms. The van der Waals surface area contributed by atoms with E-state index < -0.39 is 12.1 Å². The molecule has 2 aliphatic heterocycles. The molecule has 0 aliphatic carbocycles. The summed E-state index contributed by atoms with van der Waals surface area (Å²) in [7, 11) is 0. The zero-order chi connectivity index (χ0) is 22.8. The van der Waals surface area contributed by atoms with Gasteiger partial charge >= 0.3 is 6.03 Å². The Morgan fingerprint density at radius 1 is 1.34 bits per heavy atom. The number of hydrogen-bond acceptors (Lipinski definition) is 4. The third kappa shape index (κ3) is 3.89. The van der Waals surface area contributed by atoms with E-state index in [2.05, 4.69) is 17.2 Å². The summed E-state index contributed by atoms with van der Waals surface area (Å²) >= 11 is 6.38. The molecule has 0 saturated carbocycles. The molecule has 32 heavy (non-hydrogen) atoms. The number of urea groups is 1. The number of rotatable bonds is 7. The van der Waals surface area contributed by atoms with E-state index in [-0.39, 0.29) is 37.5 Å². The minimum Gasteiger partial charge on any atom is -0.467 e. The van der Waals surface area contributed by atoms with Gasteiger partial charge in [-0.15, -0.1) is 6.58 Å². The van der Waals surface area contributed by atoms with E-state index in [1.165, 1.54) is 16.1 Å². The molecule has 0 unspecified atom stereocenters. The van der Waals surface area contributed by atoms with Crippen molar-refractivity contribution in [3.05, 3.63) is 82.9 Å². The van der Waals surface area contributed by atoms with Crippen LogP contribution < -0.4 is 10.6 Å². The van der Waals surface area contributed by atoms with E-state index in [1.807, 2.05) is 0 Å². The van der Waals surface area contributed by atoms with Gasteiger partial charge in [0.1, 0.15) is 11.8 Å². The van der Waals surface area contributed by atoms with Crippen molar-refractivity contribution in [3.63, 3.8) is 0 Å². The summed E-state index contributed by atoms with van der Waals surface area (Å²) in [5, 5.41) is 6.10. The van der Waals surface area contributed by atoms with Gasteiger partial charge in [-0.05, 0) is 30.7 Å². The van der Waals surface area contributed by atoms with Gasteiger partial charge in [0.25, 0.3) is 5.91 Å². The quantitative estimate of drug-likeness (QED) is 0.629. The molecule has 9 heteroatoms. The Morgan fingerprint density at radius 2 is 2.12 bits per heavy atom. The third-order valence-corrected chi connectivity index (χ3v) is 5.99. The number of amides is 4. The molecule has 2 aliphatic rings. The molecule has 166 valence electrons. The van der Waals surface area contributed by atoms with Crippen LogP contribution in [0.3, 0.4) is 0 Å². The molecule has 2 aromatic rings. The lowest BCUT2D eigenvalue weighted by molar-refractivity contribution is -0.135. The molecular formula is C23H23ClN4O4. The zero-order valence-corrected chi connectivity index (χ0v) is 18.3. The van der Waals surface area contributed by atoms with Crippen LogP contribution in [0.4, 0.5) is 4.79 Å². The molecule has 2 atom stereocenters. The van der Waals surface area contributed by atoms with E-state index in [0.717, 1.165) is 0 Å². The number of nitrogens with one attached hydrogen (secondary N) is 2. The highest BCUT2D eigenvalue weighted by Crippen LogP contribution is 2.39. The highest BCUT2D eigenvalue weighted by molar-refractivity contribution is 6.31. The lowest BCUT2D eigenvalue weighted by Gasteiger charge is -2.33. The summed E-state index contributed by atoms with van der Waals surface area (Å²) < 4.78 is 5.24. The minimum absolute atomic E-state index is 0.131. The van der Waals surface area contributed by atoms with Crippen LogP contribution in [0.1, 0.15) is 24.3 Å². The molecule has 0 bridgehead atoms. The van der Waals surface area contributed by atoms with E-state index >= 15 is 0 Å². The average Bonchev–Trinajstić information content (AvgIpc) is 3.42. The second-order valence-electron chi connectivity index (χ2n) is 7.57. The van der Waals surface area contributed by atoms with Crippen LogP contribution in [0.25, 0.3) is 0 Å². The number of nitrogens with zero attached hydrogens (tertiary/aromatic N) is 2. The Bertz CT molecular complexity index is 1100. The molecule has 0 fully saturated rings. The maximum atomic E-state index is 13.5. The molecule has 3 heterocycles. The maximum Gasteiger partial charge on any atom is 0.322 e. The summed E-state index contributed by atoms with van der Waals surface area (Å²) in [5.41, 5.74) is 1.58. The second kappa shape index (κ2) is 8.92. The van der Waals surface area contributed by atoms with Gasteiger partial charge in [-0.25, -0.2) is 4.79 Å². The van der Waals surface area contributed by atoms with Crippen LogP contribution in [-0.4, -0.2) is 46.8 Å². The molecular weight excluding hydrogens is 432 g/mol. The number of benzene rings is 1. The summed E-state index contributed by atoms with van der Waals surface area (Å²) in [6.07, 6.45) is 3.12. The monoisotopic (exact) mass is 454 g/mol. The van der Waals surface area contributed by atoms with Gasteiger partial charge in [0.05, 0.1) is 36.7 Å². The molecule has 1 aromatic heterocycles. The van der Waals surface area contributed by atoms with Crippen LogP contribution in [0.5, 0.6) is 0 Å². The number of halogens is 1. The van der Waals surface area contributed by atoms with Crippen molar-refractivity contribution in [2.24, 2.45) is 0 Å². The van der Waals surface area contributed by atoms with Gasteiger partial charge in [-0.2, -0.15) is 0 Å². The van der Waals surface area contributed by atoms with Crippen LogP contribution in [0, 0.1) is 0 Å². The molecule has 4 rings (SSSR count). The Hall–Kier alpha value is -3.52. The smallest absolute Gasteiger partial charge is 0.322 e. The number of carbonyl (C=O) groups excluding carboxylic acids is 3. The van der Waals surface area contributed by atoms with Crippen molar-refractivity contribution in [2.75, 3.05) is 13.1 Å². The van der Waals surface area contributed by atoms with Crippen LogP contribution in [0.2, 0.25) is 5.02 Å². The first kappa shape index (κ1) is 21.7. The molecule has 0 radical (unpaired) electrons. The fraction of sp³-hybridized carbons (Fsp3) is 0.261. The van der Waals surface area contributed by atoms with Crippen LogP contribution in [-0.2, 0) is 16.1 Å². The van der Waals surface area contributed by atoms with Gasteiger partial charge in [-0.3, -0.25) is 14.5 Å².